The summed E-state index contributed by atoms with van der Waals surface area (Å²) in [5.74, 6) is 0.751. The third-order valence-electron chi connectivity index (χ3n) is 3.09. The highest BCUT2D eigenvalue weighted by molar-refractivity contribution is 6.30. The number of benzene rings is 1. The van der Waals surface area contributed by atoms with Crippen LogP contribution in [0.15, 0.2) is 29.3 Å². The highest BCUT2D eigenvalue weighted by atomic mass is 35.5. The molecule has 0 spiro atoms. The van der Waals surface area contributed by atoms with Crippen molar-refractivity contribution >= 4 is 17.6 Å². The average molecular weight is 312 g/mol. The lowest BCUT2D eigenvalue weighted by molar-refractivity contribution is 0.187. The molecule has 21 heavy (non-hydrogen) atoms. The van der Waals surface area contributed by atoms with E-state index in [1.807, 2.05) is 19.1 Å². The molecule has 118 valence electrons. The summed E-state index contributed by atoms with van der Waals surface area (Å²) < 4.78 is 0. The maximum absolute atomic E-state index is 10.1. The summed E-state index contributed by atoms with van der Waals surface area (Å²) in [7, 11) is 0. The largest absolute Gasteiger partial charge is 0.386 e. The number of rotatable bonds is 8. The quantitative estimate of drug-likeness (QED) is 0.393. The first-order chi connectivity index (χ1) is 10.2. The molecule has 0 aliphatic carbocycles. The van der Waals surface area contributed by atoms with Crippen LogP contribution in [0.1, 0.15) is 44.8 Å². The summed E-state index contributed by atoms with van der Waals surface area (Å²) in [5.41, 5.74) is 0.824. The molecule has 0 aliphatic rings. The molecule has 1 atom stereocenters. The first kappa shape index (κ1) is 17.8. The van der Waals surface area contributed by atoms with Crippen molar-refractivity contribution in [2.75, 3.05) is 19.6 Å². The van der Waals surface area contributed by atoms with Gasteiger partial charge in [-0.15, -0.1) is 0 Å². The zero-order valence-electron chi connectivity index (χ0n) is 12.9. The molecule has 0 amide bonds. The van der Waals surface area contributed by atoms with E-state index >= 15 is 0 Å². The van der Waals surface area contributed by atoms with Gasteiger partial charge in [0.05, 0.1) is 12.6 Å². The van der Waals surface area contributed by atoms with Crippen LogP contribution in [0.3, 0.4) is 0 Å². The molecule has 0 radical (unpaired) electrons. The molecule has 0 saturated heterocycles. The Morgan fingerprint density at radius 3 is 2.52 bits per heavy atom. The minimum Gasteiger partial charge on any atom is -0.386 e. The summed E-state index contributed by atoms with van der Waals surface area (Å²) >= 11 is 5.84. The van der Waals surface area contributed by atoms with E-state index in [0.717, 1.165) is 31.0 Å². The first-order valence-corrected chi connectivity index (χ1v) is 8.00. The Kier molecular flexibility index (Phi) is 8.87. The van der Waals surface area contributed by atoms with Gasteiger partial charge in [-0.25, -0.2) is 0 Å². The van der Waals surface area contributed by atoms with Crippen LogP contribution in [0.5, 0.6) is 0 Å². The Morgan fingerprint density at radius 1 is 1.19 bits per heavy atom. The maximum Gasteiger partial charge on any atom is 0.191 e. The molecule has 3 N–H and O–H groups in total. The molecule has 0 fully saturated rings. The van der Waals surface area contributed by atoms with Gasteiger partial charge in [-0.2, -0.15) is 0 Å². The van der Waals surface area contributed by atoms with E-state index in [9.17, 15) is 5.11 Å². The first-order valence-electron chi connectivity index (χ1n) is 7.63. The van der Waals surface area contributed by atoms with E-state index in [0.29, 0.717) is 11.6 Å². The second-order valence-electron chi connectivity index (χ2n) is 4.92. The monoisotopic (exact) mass is 311 g/mol. The number of guanidine groups is 1. The Labute approximate surface area is 132 Å². The highest BCUT2D eigenvalue weighted by Gasteiger charge is 2.07. The lowest BCUT2D eigenvalue weighted by Crippen LogP contribution is -2.38. The molecule has 0 aromatic heterocycles. The lowest BCUT2D eigenvalue weighted by Gasteiger charge is -2.13. The minimum atomic E-state index is -0.617. The van der Waals surface area contributed by atoms with Crippen LogP contribution in [0, 0.1) is 0 Å². The molecule has 0 heterocycles. The van der Waals surface area contributed by atoms with Crippen LogP contribution in [-0.2, 0) is 0 Å². The number of aliphatic hydroxyl groups excluding tert-OH is 1. The Hall–Kier alpha value is -1.26. The molecule has 5 heteroatoms. The zero-order valence-corrected chi connectivity index (χ0v) is 13.7. The minimum absolute atomic E-state index is 0.324. The molecule has 1 rings (SSSR count). The van der Waals surface area contributed by atoms with E-state index < -0.39 is 6.10 Å². The number of halogens is 1. The lowest BCUT2D eigenvalue weighted by atomic mass is 10.1. The molecule has 4 nitrogen and oxygen atoms in total. The SMILES string of the molecule is CCCCCNC(=NCC(O)c1ccc(Cl)cc1)NCC. The Balaban J connectivity index is 2.49. The fraction of sp³-hybridized carbons (Fsp3) is 0.562. The standard InChI is InChI=1S/C16H26ClN3O/c1-3-5-6-11-19-16(18-4-2)20-12-15(21)13-7-9-14(17)10-8-13/h7-10,15,21H,3-6,11-12H2,1-2H3,(H2,18,19,20). The summed E-state index contributed by atoms with van der Waals surface area (Å²) in [6.45, 7) is 6.23. The van der Waals surface area contributed by atoms with Crippen LogP contribution >= 0.6 is 11.6 Å². The zero-order chi connectivity index (χ0) is 15.5. The van der Waals surface area contributed by atoms with Gasteiger partial charge >= 0.3 is 0 Å². The second kappa shape index (κ2) is 10.5. The van der Waals surface area contributed by atoms with E-state index in [4.69, 9.17) is 11.6 Å². The topological polar surface area (TPSA) is 56.7 Å². The predicted molar refractivity (Wildman–Crippen MR) is 89.9 cm³/mol. The number of aliphatic hydroxyl groups is 1. The second-order valence-corrected chi connectivity index (χ2v) is 5.36. The number of hydrogen-bond acceptors (Lipinski definition) is 2. The van der Waals surface area contributed by atoms with Gasteiger partial charge < -0.3 is 15.7 Å². The van der Waals surface area contributed by atoms with Gasteiger partial charge in [-0.05, 0) is 31.0 Å². The summed E-state index contributed by atoms with van der Waals surface area (Å²) in [5, 5.41) is 17.3. The van der Waals surface area contributed by atoms with Crippen molar-refractivity contribution in [3.63, 3.8) is 0 Å². The van der Waals surface area contributed by atoms with Crippen LogP contribution in [0.25, 0.3) is 0 Å². The van der Waals surface area contributed by atoms with Crippen LogP contribution in [0.4, 0.5) is 0 Å². The van der Waals surface area contributed by atoms with Crippen LogP contribution in [0.2, 0.25) is 5.02 Å². The van der Waals surface area contributed by atoms with Crippen LogP contribution < -0.4 is 10.6 Å². The van der Waals surface area contributed by atoms with Crippen molar-refractivity contribution in [1.82, 2.24) is 10.6 Å². The van der Waals surface area contributed by atoms with Gasteiger partial charge in [0, 0.05) is 18.1 Å². The molecule has 1 unspecified atom stereocenters. The molecule has 0 bridgehead atoms. The fourth-order valence-corrected chi connectivity index (χ4v) is 2.02. The van der Waals surface area contributed by atoms with E-state index in [1.54, 1.807) is 12.1 Å². The smallest absolute Gasteiger partial charge is 0.191 e. The Bertz CT molecular complexity index is 420. The fourth-order valence-electron chi connectivity index (χ4n) is 1.89. The van der Waals surface area contributed by atoms with Crippen molar-refractivity contribution in [3.05, 3.63) is 34.9 Å². The van der Waals surface area contributed by atoms with Gasteiger partial charge in [0.25, 0.3) is 0 Å². The van der Waals surface area contributed by atoms with Gasteiger partial charge in [0.2, 0.25) is 0 Å². The molecule has 0 saturated carbocycles. The van der Waals surface area contributed by atoms with Crippen molar-refractivity contribution in [1.29, 1.82) is 0 Å². The number of hydrogen-bond donors (Lipinski definition) is 3. The predicted octanol–water partition coefficient (Wildman–Crippen LogP) is 3.12. The molecular weight excluding hydrogens is 286 g/mol. The maximum atomic E-state index is 10.1. The van der Waals surface area contributed by atoms with Crippen molar-refractivity contribution in [3.8, 4) is 0 Å². The molecule has 0 aliphatic heterocycles. The van der Waals surface area contributed by atoms with Gasteiger partial charge in [-0.3, -0.25) is 4.99 Å². The average Bonchev–Trinajstić information content (AvgIpc) is 2.49. The van der Waals surface area contributed by atoms with Crippen LogP contribution in [-0.4, -0.2) is 30.7 Å². The van der Waals surface area contributed by atoms with E-state index in [-0.39, 0.29) is 0 Å². The van der Waals surface area contributed by atoms with E-state index in [2.05, 4.69) is 22.5 Å². The molecule has 1 aromatic rings. The molecular formula is C16H26ClN3O. The van der Waals surface area contributed by atoms with Gasteiger partial charge in [-0.1, -0.05) is 43.5 Å². The highest BCUT2D eigenvalue weighted by Crippen LogP contribution is 2.16. The summed E-state index contributed by atoms with van der Waals surface area (Å²) in [4.78, 5) is 4.42. The summed E-state index contributed by atoms with van der Waals surface area (Å²) in [6.07, 6.45) is 2.92. The van der Waals surface area contributed by atoms with Gasteiger partial charge in [0.1, 0.15) is 0 Å². The Morgan fingerprint density at radius 2 is 1.90 bits per heavy atom. The summed E-state index contributed by atoms with van der Waals surface area (Å²) in [6, 6.07) is 7.20. The van der Waals surface area contributed by atoms with Crippen molar-refractivity contribution < 1.29 is 5.11 Å². The van der Waals surface area contributed by atoms with E-state index in [1.165, 1.54) is 12.8 Å². The normalized spacial score (nSPS) is 13.0. The number of unbranched alkanes of at least 4 members (excludes halogenated alkanes) is 2. The number of nitrogens with one attached hydrogen (secondary N) is 2. The molecule has 1 aromatic carbocycles. The number of aliphatic imine (C=N–C) groups is 1. The van der Waals surface area contributed by atoms with Gasteiger partial charge in [0.15, 0.2) is 5.96 Å². The third kappa shape index (κ3) is 7.34. The third-order valence-corrected chi connectivity index (χ3v) is 3.35. The number of nitrogens with zero attached hydrogens (tertiary/aromatic N) is 1. The van der Waals surface area contributed by atoms with Crippen molar-refractivity contribution in [2.45, 2.75) is 39.2 Å². The van der Waals surface area contributed by atoms with Crippen molar-refractivity contribution in [2.24, 2.45) is 4.99 Å².